The Bertz CT molecular complexity index is 378. The zero-order valence-corrected chi connectivity index (χ0v) is 16.1. The molecule has 0 spiro atoms. The first-order valence-corrected chi connectivity index (χ1v) is 7.75. The Balaban J connectivity index is 3.25. The van der Waals surface area contributed by atoms with Crippen molar-refractivity contribution < 1.29 is 7.48 Å². The van der Waals surface area contributed by atoms with Gasteiger partial charge in [-0.1, -0.05) is 0 Å². The molecule has 1 aliphatic rings. The van der Waals surface area contributed by atoms with Gasteiger partial charge in [-0.05, 0) is 0 Å². The molecule has 17 heavy (non-hydrogen) atoms. The molecule has 0 fully saturated rings. The Morgan fingerprint density at radius 1 is 1.06 bits per heavy atom. The number of hydrogen-bond acceptors (Lipinski definition) is 2. The van der Waals surface area contributed by atoms with Crippen LogP contribution in [0.4, 0.5) is 0 Å². The number of carbonyl (C=O) groups excluding carboxylic acids is 1. The zero-order chi connectivity index (χ0) is 13.4. The van der Waals surface area contributed by atoms with Crippen molar-refractivity contribution in [1.82, 2.24) is 0 Å². The molecule has 1 unspecified atom stereocenters. The molecule has 0 saturated heterocycles. The van der Waals surface area contributed by atoms with Crippen molar-refractivity contribution in [3.8, 4) is 0 Å². The predicted octanol–water partition coefficient (Wildman–Crippen LogP) is 2.98. The van der Waals surface area contributed by atoms with Gasteiger partial charge < -0.3 is 0 Å². The summed E-state index contributed by atoms with van der Waals surface area (Å²) in [4.78, 5) is 12.5. The Morgan fingerprint density at radius 2 is 1.59 bits per heavy atom. The van der Waals surface area contributed by atoms with Crippen LogP contribution in [0.25, 0.3) is 0 Å². The molecule has 0 saturated carbocycles. The van der Waals surface area contributed by atoms with Crippen molar-refractivity contribution >= 4 is 32.0 Å². The molecule has 0 amide bonds. The summed E-state index contributed by atoms with van der Waals surface area (Å²) in [5.41, 5.74) is 1.84. The maximum atomic E-state index is 12.5. The second-order valence-electron chi connectivity index (χ2n) is 6.58. The van der Waals surface area contributed by atoms with Crippen LogP contribution in [0, 0.1) is 10.8 Å². The van der Waals surface area contributed by atoms with Crippen LogP contribution >= 0.6 is 0 Å². The van der Waals surface area contributed by atoms with E-state index in [1.54, 1.807) is 0 Å². The van der Waals surface area contributed by atoms with Crippen molar-refractivity contribution in [2.45, 2.75) is 47.6 Å². The van der Waals surface area contributed by atoms with Crippen LogP contribution in [0.5, 0.6) is 0 Å². The molecule has 0 aromatic rings. The third-order valence-corrected chi connectivity index (χ3v) is 4.08. The van der Waals surface area contributed by atoms with Gasteiger partial charge in [0.25, 0.3) is 0 Å². The number of ketones is 1. The van der Waals surface area contributed by atoms with E-state index < -0.39 is 0 Å². The van der Waals surface area contributed by atoms with Crippen LogP contribution in [0.1, 0.15) is 41.5 Å². The summed E-state index contributed by atoms with van der Waals surface area (Å²) in [6.07, 6.45) is 3.71. The molecule has 0 heterocycles. The Kier molecular flexibility index (Phi) is 4.40. The van der Waals surface area contributed by atoms with Crippen molar-refractivity contribution in [1.29, 1.82) is 0 Å². The summed E-state index contributed by atoms with van der Waals surface area (Å²) in [5, 5.41) is 0. The van der Waals surface area contributed by atoms with Crippen molar-refractivity contribution in [3.05, 3.63) is 23.3 Å². The molecule has 0 aromatic heterocycles. The topological polar surface area (TPSA) is 26.3 Å². The zero-order valence-electron chi connectivity index (χ0n) is 11.6. The fourth-order valence-corrected chi connectivity index (χ4v) is 3.07. The number of allylic oxidation sites excluding steroid dienone is 2. The first-order valence-electron chi connectivity index (χ1n) is 5.91. The van der Waals surface area contributed by atoms with Gasteiger partial charge in [0.05, 0.1) is 0 Å². The van der Waals surface area contributed by atoms with Gasteiger partial charge in [0, 0.05) is 0 Å². The Hall–Kier alpha value is 0.0321. The minimum atomic E-state index is -0.348. The number of carbonyl (C=O) groups is 1. The van der Waals surface area contributed by atoms with Crippen LogP contribution in [-0.4, -0.2) is 38.1 Å². The van der Waals surface area contributed by atoms with Crippen LogP contribution in [-0.2, 0) is 7.48 Å². The third-order valence-electron chi connectivity index (χ3n) is 3.03. The second-order valence-corrected chi connectivity index (χ2v) is 7.64. The number of hydrogen-bond donors (Lipinski definition) is 0. The SMILES string of the molecule is CC(C)(C)C1=CC=C(C(C)(C)C)C([O][Tl])C1=O. The first kappa shape index (κ1) is 15.1. The first-order chi connectivity index (χ1) is 7.59. The van der Waals surface area contributed by atoms with E-state index in [0.29, 0.717) is 26.2 Å². The molecule has 3 heteroatoms. The molecule has 2 nitrogen and oxygen atoms in total. The summed E-state index contributed by atoms with van der Waals surface area (Å²) in [7, 11) is 0. The summed E-state index contributed by atoms with van der Waals surface area (Å²) < 4.78 is 5.58. The Labute approximate surface area is 121 Å². The van der Waals surface area contributed by atoms with Crippen LogP contribution in [0.2, 0.25) is 0 Å². The van der Waals surface area contributed by atoms with Gasteiger partial charge in [-0.25, -0.2) is 0 Å². The van der Waals surface area contributed by atoms with Gasteiger partial charge in [-0.3, -0.25) is 0 Å². The van der Waals surface area contributed by atoms with E-state index in [-0.39, 0.29) is 22.7 Å². The fraction of sp³-hybridized carbons (Fsp3) is 0.643. The average Bonchev–Trinajstić information content (AvgIpc) is 2.13. The molecular weight excluding hydrogens is 405 g/mol. The van der Waals surface area contributed by atoms with E-state index >= 15 is 0 Å². The van der Waals surface area contributed by atoms with Gasteiger partial charge in [0.2, 0.25) is 0 Å². The van der Waals surface area contributed by atoms with Crippen LogP contribution in [0.15, 0.2) is 23.3 Å². The monoisotopic (exact) mass is 426 g/mol. The standard InChI is InChI=1S/C14H21O2.Tl/c1-13(2,3)9-7-8-10(14(4,5)6)12(16)11(9)15;/h7-8,11H,1-6H3;/q-1;+1. The van der Waals surface area contributed by atoms with Crippen molar-refractivity contribution in [3.63, 3.8) is 0 Å². The maximum absolute atomic E-state index is 12.5. The molecule has 1 aliphatic carbocycles. The number of Topliss-reactive ketones (excluding diaryl/α,β-unsaturated/α-hetero) is 1. The molecule has 1 atom stereocenters. The minimum absolute atomic E-state index is 0.0187. The summed E-state index contributed by atoms with van der Waals surface area (Å²) >= 11 is 0.374. The van der Waals surface area contributed by atoms with E-state index in [1.165, 1.54) is 0 Å². The van der Waals surface area contributed by atoms with Gasteiger partial charge in [0.15, 0.2) is 0 Å². The third kappa shape index (κ3) is 3.28. The fourth-order valence-electron chi connectivity index (χ4n) is 2.02. The normalized spacial score (nSPS) is 22.2. The van der Waals surface area contributed by atoms with Crippen LogP contribution in [0.3, 0.4) is 0 Å². The van der Waals surface area contributed by atoms with Gasteiger partial charge in [-0.2, -0.15) is 0 Å². The summed E-state index contributed by atoms with van der Waals surface area (Å²) in [6.45, 7) is 12.6. The second kappa shape index (κ2) is 4.96. The molecule has 92 valence electrons. The molecule has 0 aliphatic heterocycles. The van der Waals surface area contributed by atoms with Crippen molar-refractivity contribution in [2.75, 3.05) is 0 Å². The quantitative estimate of drug-likeness (QED) is 0.604. The van der Waals surface area contributed by atoms with E-state index in [1.807, 2.05) is 6.08 Å². The predicted molar refractivity (Wildman–Crippen MR) is 70.7 cm³/mol. The molecule has 0 bridgehead atoms. The van der Waals surface area contributed by atoms with E-state index in [4.69, 9.17) is 2.69 Å². The number of rotatable bonds is 1. The van der Waals surface area contributed by atoms with Crippen LogP contribution < -0.4 is 0 Å². The van der Waals surface area contributed by atoms with Crippen molar-refractivity contribution in [2.24, 2.45) is 10.8 Å². The average molecular weight is 426 g/mol. The Morgan fingerprint density at radius 3 is 1.94 bits per heavy atom. The van der Waals surface area contributed by atoms with Gasteiger partial charge in [0.1, 0.15) is 0 Å². The van der Waals surface area contributed by atoms with E-state index in [0.717, 1.165) is 11.1 Å². The molecular formula is C14H21O2Tl. The molecule has 0 radical (unpaired) electrons. The molecule has 0 aromatic carbocycles. The summed E-state index contributed by atoms with van der Waals surface area (Å²) in [5.74, 6) is 0.146. The molecule has 1 rings (SSSR count). The summed E-state index contributed by atoms with van der Waals surface area (Å²) in [6, 6.07) is 0. The molecule has 0 N–H and O–H groups in total. The van der Waals surface area contributed by atoms with Gasteiger partial charge >= 0.3 is 121 Å². The van der Waals surface area contributed by atoms with Gasteiger partial charge in [-0.15, -0.1) is 0 Å². The van der Waals surface area contributed by atoms with E-state index in [9.17, 15) is 4.79 Å². The van der Waals surface area contributed by atoms with E-state index in [2.05, 4.69) is 47.6 Å².